The van der Waals surface area contributed by atoms with E-state index < -0.39 is 17.6 Å². The lowest BCUT2D eigenvalue weighted by Gasteiger charge is -2.36. The first kappa shape index (κ1) is 31.0. The molecule has 0 bridgehead atoms. The molecule has 1 N–H and O–H groups in total. The zero-order valence-electron chi connectivity index (χ0n) is 25.3. The largest absolute Gasteiger partial charge is 0.448 e. The highest BCUT2D eigenvalue weighted by Crippen LogP contribution is 2.40. The van der Waals surface area contributed by atoms with Crippen LogP contribution in [0.2, 0.25) is 0 Å². The summed E-state index contributed by atoms with van der Waals surface area (Å²) < 4.78 is 6.10. The molecule has 6 rings (SSSR count). The molecule has 0 spiro atoms. The molecule has 0 atom stereocenters. The minimum absolute atomic E-state index is 0.147. The zero-order chi connectivity index (χ0) is 32.3. The monoisotopic (exact) mass is 634 g/mol. The standard InChI is InChI=1S/C39H30N4O3S/c40-26-27-45-43-35(37(44)46-36(29-16-6-1-7-17-29)30-18-8-2-9-19-30)34-28-47-38(41-34)42-39(31-20-10-3-11-21-31,32-22-12-4-13-23-32)33-24-14-5-15-25-33/h1-25,28,36H,27H2,(H,41,42)/b43-35+. The number of aromatic nitrogens is 1. The molecule has 0 aliphatic heterocycles. The van der Waals surface area contributed by atoms with Crippen LogP contribution in [-0.4, -0.2) is 23.3 Å². The van der Waals surface area contributed by atoms with Gasteiger partial charge in [-0.2, -0.15) is 5.26 Å². The Morgan fingerprint density at radius 1 is 0.745 bits per heavy atom. The SMILES string of the molecule is N#CCO/N=C(/C(=O)OC(c1ccccc1)c1ccccc1)c1csc(NC(c2ccccc2)(c2ccccc2)c2ccccc2)n1. The predicted molar refractivity (Wildman–Crippen MR) is 184 cm³/mol. The average Bonchev–Trinajstić information content (AvgIpc) is 3.61. The van der Waals surface area contributed by atoms with E-state index in [-0.39, 0.29) is 18.0 Å². The number of anilines is 1. The number of nitrogens with one attached hydrogen (secondary N) is 1. The van der Waals surface area contributed by atoms with Crippen LogP contribution in [0.3, 0.4) is 0 Å². The van der Waals surface area contributed by atoms with Gasteiger partial charge in [-0.05, 0) is 27.8 Å². The Bertz CT molecular complexity index is 1820. The molecule has 8 heteroatoms. The van der Waals surface area contributed by atoms with E-state index in [4.69, 9.17) is 19.8 Å². The molecule has 5 aromatic carbocycles. The summed E-state index contributed by atoms with van der Waals surface area (Å²) in [5, 5.41) is 19.1. The number of rotatable bonds is 12. The smallest absolute Gasteiger partial charge is 0.363 e. The van der Waals surface area contributed by atoms with Crippen molar-refractivity contribution in [3.05, 3.63) is 191 Å². The highest BCUT2D eigenvalue weighted by molar-refractivity contribution is 7.14. The maximum absolute atomic E-state index is 13.9. The molecule has 0 aliphatic carbocycles. The molecular weight excluding hydrogens is 605 g/mol. The first-order chi connectivity index (χ1) is 23.2. The normalized spacial score (nSPS) is 11.4. The molecule has 0 saturated heterocycles. The fourth-order valence-corrected chi connectivity index (χ4v) is 6.19. The highest BCUT2D eigenvalue weighted by atomic mass is 32.1. The van der Waals surface area contributed by atoms with Crippen molar-refractivity contribution in [3.8, 4) is 6.07 Å². The molecular formula is C39H30N4O3S. The Balaban J connectivity index is 1.39. The van der Waals surface area contributed by atoms with Crippen LogP contribution in [0.1, 0.15) is 39.6 Å². The van der Waals surface area contributed by atoms with E-state index in [0.717, 1.165) is 27.8 Å². The van der Waals surface area contributed by atoms with E-state index in [1.165, 1.54) is 11.3 Å². The summed E-state index contributed by atoms with van der Waals surface area (Å²) in [6, 6.07) is 51.3. The molecule has 0 fully saturated rings. The average molecular weight is 635 g/mol. The number of hydrogen-bond acceptors (Lipinski definition) is 8. The second-order valence-electron chi connectivity index (χ2n) is 10.5. The topological polar surface area (TPSA) is 96.6 Å². The molecule has 230 valence electrons. The van der Waals surface area contributed by atoms with Crippen molar-refractivity contribution < 1.29 is 14.4 Å². The lowest BCUT2D eigenvalue weighted by atomic mass is 9.77. The van der Waals surface area contributed by atoms with Crippen molar-refractivity contribution in [2.24, 2.45) is 5.16 Å². The summed E-state index contributed by atoms with van der Waals surface area (Å²) >= 11 is 1.33. The number of carbonyl (C=O) groups is 1. The Labute approximate surface area is 277 Å². The van der Waals surface area contributed by atoms with Gasteiger partial charge in [0.2, 0.25) is 12.3 Å². The maximum Gasteiger partial charge on any atom is 0.363 e. The number of carbonyl (C=O) groups excluding carboxylic acids is 1. The van der Waals surface area contributed by atoms with Crippen LogP contribution < -0.4 is 5.32 Å². The van der Waals surface area contributed by atoms with Crippen LogP contribution in [0.25, 0.3) is 0 Å². The van der Waals surface area contributed by atoms with E-state index in [2.05, 4.69) is 46.9 Å². The number of oxime groups is 1. The Hall–Kier alpha value is -6.04. The van der Waals surface area contributed by atoms with Crippen molar-refractivity contribution in [2.75, 3.05) is 11.9 Å². The fourth-order valence-electron chi connectivity index (χ4n) is 5.44. The van der Waals surface area contributed by atoms with Gasteiger partial charge in [0.15, 0.2) is 11.2 Å². The van der Waals surface area contributed by atoms with Gasteiger partial charge in [-0.1, -0.05) is 157 Å². The van der Waals surface area contributed by atoms with Crippen LogP contribution in [-0.2, 0) is 19.9 Å². The van der Waals surface area contributed by atoms with Crippen LogP contribution in [0.4, 0.5) is 5.13 Å². The lowest BCUT2D eigenvalue weighted by molar-refractivity contribution is -0.139. The van der Waals surface area contributed by atoms with Gasteiger partial charge >= 0.3 is 5.97 Å². The van der Waals surface area contributed by atoms with Gasteiger partial charge in [0, 0.05) is 5.38 Å². The minimum atomic E-state index is -0.820. The Morgan fingerprint density at radius 2 is 1.19 bits per heavy atom. The maximum atomic E-state index is 13.9. The first-order valence-corrected chi connectivity index (χ1v) is 15.9. The van der Waals surface area contributed by atoms with Gasteiger partial charge in [0.25, 0.3) is 0 Å². The van der Waals surface area contributed by atoms with Crippen molar-refractivity contribution in [1.29, 1.82) is 5.26 Å². The van der Waals surface area contributed by atoms with E-state index in [1.807, 2.05) is 121 Å². The summed E-state index contributed by atoms with van der Waals surface area (Å²) in [7, 11) is 0. The van der Waals surface area contributed by atoms with E-state index in [9.17, 15) is 4.79 Å². The van der Waals surface area contributed by atoms with Gasteiger partial charge in [0.1, 0.15) is 17.3 Å². The molecule has 1 aromatic heterocycles. The highest BCUT2D eigenvalue weighted by Gasteiger charge is 2.37. The molecule has 47 heavy (non-hydrogen) atoms. The van der Waals surface area contributed by atoms with Crippen molar-refractivity contribution >= 4 is 28.1 Å². The number of nitriles is 1. The van der Waals surface area contributed by atoms with Gasteiger partial charge in [-0.3, -0.25) is 0 Å². The molecule has 0 unspecified atom stereocenters. The molecule has 0 amide bonds. The molecule has 7 nitrogen and oxygen atoms in total. The van der Waals surface area contributed by atoms with Crippen LogP contribution in [0.5, 0.6) is 0 Å². The number of benzene rings is 5. The van der Waals surface area contributed by atoms with Crippen molar-refractivity contribution in [3.63, 3.8) is 0 Å². The van der Waals surface area contributed by atoms with Gasteiger partial charge in [-0.25, -0.2) is 9.78 Å². The number of esters is 1. The quantitative estimate of drug-likeness (QED) is 0.0480. The number of nitrogens with zero attached hydrogens (tertiary/aromatic N) is 3. The van der Waals surface area contributed by atoms with Gasteiger partial charge in [-0.15, -0.1) is 11.3 Å². The third-order valence-electron chi connectivity index (χ3n) is 7.57. The third kappa shape index (κ3) is 6.96. The van der Waals surface area contributed by atoms with Crippen molar-refractivity contribution in [2.45, 2.75) is 11.6 Å². The van der Waals surface area contributed by atoms with E-state index in [0.29, 0.717) is 5.13 Å². The molecule has 0 radical (unpaired) electrons. The molecule has 0 saturated carbocycles. The second kappa shape index (κ2) is 14.8. The number of thiazole rings is 1. The number of ether oxygens (including phenoxy) is 1. The summed E-state index contributed by atoms with van der Waals surface area (Å²) in [5.74, 6) is -0.738. The van der Waals surface area contributed by atoms with Gasteiger partial charge in [0.05, 0.1) is 0 Å². The first-order valence-electron chi connectivity index (χ1n) is 15.0. The summed E-state index contributed by atoms with van der Waals surface area (Å²) in [6.07, 6.45) is -0.704. The molecule has 0 aliphatic rings. The third-order valence-corrected chi connectivity index (χ3v) is 8.33. The molecule has 6 aromatic rings. The second-order valence-corrected chi connectivity index (χ2v) is 11.3. The summed E-state index contributed by atoms with van der Waals surface area (Å²) in [5.41, 5.74) is 3.90. The minimum Gasteiger partial charge on any atom is -0.448 e. The van der Waals surface area contributed by atoms with Crippen LogP contribution in [0, 0.1) is 11.3 Å². The fraction of sp³-hybridized carbons (Fsp3) is 0.0769. The Morgan fingerprint density at radius 3 is 1.64 bits per heavy atom. The van der Waals surface area contributed by atoms with Gasteiger partial charge < -0.3 is 14.9 Å². The zero-order valence-corrected chi connectivity index (χ0v) is 26.1. The summed E-state index contributed by atoms with van der Waals surface area (Å²) in [6.45, 7) is -0.341. The van der Waals surface area contributed by atoms with E-state index >= 15 is 0 Å². The van der Waals surface area contributed by atoms with E-state index in [1.54, 1.807) is 5.38 Å². The predicted octanol–water partition coefficient (Wildman–Crippen LogP) is 8.12. The van der Waals surface area contributed by atoms with Crippen LogP contribution >= 0.6 is 11.3 Å². The Kier molecular flexibility index (Phi) is 9.77. The summed E-state index contributed by atoms with van der Waals surface area (Å²) in [4.78, 5) is 23.9. The van der Waals surface area contributed by atoms with Crippen LogP contribution in [0.15, 0.2) is 162 Å². The molecule has 1 heterocycles. The van der Waals surface area contributed by atoms with Crippen molar-refractivity contribution in [1.82, 2.24) is 4.98 Å². The lowest BCUT2D eigenvalue weighted by Crippen LogP contribution is -2.38. The number of hydrogen-bond donors (Lipinski definition) is 1.